The van der Waals surface area contributed by atoms with Crippen molar-refractivity contribution in [3.63, 3.8) is 0 Å². The van der Waals surface area contributed by atoms with Crippen LogP contribution in [0.1, 0.15) is 31.5 Å². The third kappa shape index (κ3) is 3.78. The number of fused-ring (bicyclic) bond motifs is 2. The van der Waals surface area contributed by atoms with Gasteiger partial charge in [-0.15, -0.1) is 0 Å². The third-order valence-electron chi connectivity index (χ3n) is 5.10. The Bertz CT molecular complexity index is 1110. The molecule has 1 atom stereocenters. The van der Waals surface area contributed by atoms with Gasteiger partial charge in [0.2, 0.25) is 0 Å². The number of anilines is 1. The van der Waals surface area contributed by atoms with E-state index in [4.69, 9.17) is 4.98 Å². The number of aromatic amines is 1. The molecule has 0 saturated heterocycles. The highest BCUT2D eigenvalue weighted by molar-refractivity contribution is 5.82. The summed E-state index contributed by atoms with van der Waals surface area (Å²) in [4.78, 5) is 20.4. The minimum Gasteiger partial charge on any atom is -0.368 e. The molecule has 4 aromatic rings. The molecule has 0 radical (unpaired) electrons. The molecule has 0 fully saturated rings. The van der Waals surface area contributed by atoms with Crippen molar-refractivity contribution in [3.05, 3.63) is 54.0 Å². The molecular formula is C21H23FN6. The number of hydrogen-bond acceptors (Lipinski definition) is 5. The van der Waals surface area contributed by atoms with Crippen LogP contribution in [0.2, 0.25) is 0 Å². The Balaban J connectivity index is 1.58. The van der Waals surface area contributed by atoms with E-state index in [9.17, 15) is 4.39 Å². The number of nitrogens with one attached hydrogen (secondary N) is 2. The van der Waals surface area contributed by atoms with E-state index < -0.39 is 0 Å². The van der Waals surface area contributed by atoms with Crippen LogP contribution < -0.4 is 5.32 Å². The number of aromatic nitrogens is 5. The number of hydrogen-bond donors (Lipinski definition) is 2. The summed E-state index contributed by atoms with van der Waals surface area (Å²) in [6.07, 6.45) is 5.88. The molecule has 3 heterocycles. The topological polar surface area (TPSA) is 79.4 Å². The first-order valence-corrected chi connectivity index (χ1v) is 9.60. The predicted molar refractivity (Wildman–Crippen MR) is 109 cm³/mol. The average molecular weight is 378 g/mol. The zero-order valence-electron chi connectivity index (χ0n) is 16.0. The van der Waals surface area contributed by atoms with Crippen LogP contribution in [0.4, 0.5) is 10.2 Å². The number of imidazole rings is 1. The Morgan fingerprint density at radius 1 is 1.18 bits per heavy atom. The van der Waals surface area contributed by atoms with E-state index in [1.165, 1.54) is 24.0 Å². The first-order chi connectivity index (χ1) is 13.6. The molecule has 0 aliphatic rings. The van der Waals surface area contributed by atoms with E-state index >= 15 is 0 Å². The van der Waals surface area contributed by atoms with Crippen LogP contribution in [0.25, 0.3) is 22.1 Å². The Kier molecular flexibility index (Phi) is 5.14. The molecule has 28 heavy (non-hydrogen) atoms. The lowest BCUT2D eigenvalue weighted by Crippen LogP contribution is -2.11. The molecule has 0 bridgehead atoms. The van der Waals surface area contributed by atoms with Crippen LogP contribution in [0.5, 0.6) is 0 Å². The molecule has 1 aromatic carbocycles. The number of H-pyrrole nitrogens is 1. The van der Waals surface area contributed by atoms with Crippen LogP contribution in [-0.2, 0) is 12.8 Å². The van der Waals surface area contributed by atoms with Gasteiger partial charge in [0.15, 0.2) is 11.5 Å². The molecule has 7 heteroatoms. The minimum atomic E-state index is -0.253. The van der Waals surface area contributed by atoms with E-state index in [0.29, 0.717) is 23.6 Å². The van der Waals surface area contributed by atoms with Crippen LogP contribution in [0.3, 0.4) is 0 Å². The van der Waals surface area contributed by atoms with E-state index in [-0.39, 0.29) is 5.82 Å². The summed E-state index contributed by atoms with van der Waals surface area (Å²) in [5.41, 5.74) is 4.38. The van der Waals surface area contributed by atoms with E-state index in [1.807, 2.05) is 0 Å². The molecule has 0 spiro atoms. The van der Waals surface area contributed by atoms with Gasteiger partial charge >= 0.3 is 0 Å². The number of benzene rings is 1. The van der Waals surface area contributed by atoms with Gasteiger partial charge in [-0.25, -0.2) is 19.3 Å². The largest absolute Gasteiger partial charge is 0.368 e. The second-order valence-electron chi connectivity index (χ2n) is 7.15. The summed E-state index contributed by atoms with van der Waals surface area (Å²) in [7, 11) is 0. The number of rotatable bonds is 7. The molecule has 0 amide bonds. The lowest BCUT2D eigenvalue weighted by Gasteiger charge is -2.15. The van der Waals surface area contributed by atoms with Crippen LogP contribution in [-0.4, -0.2) is 31.5 Å². The molecule has 6 nitrogen and oxygen atoms in total. The Hall–Kier alpha value is -3.09. The molecular weight excluding hydrogens is 355 g/mol. The smallest absolute Gasteiger partial charge is 0.182 e. The Morgan fingerprint density at radius 3 is 2.93 bits per heavy atom. The van der Waals surface area contributed by atoms with Gasteiger partial charge < -0.3 is 10.3 Å². The first-order valence-electron chi connectivity index (χ1n) is 9.60. The average Bonchev–Trinajstić information content (AvgIpc) is 3.18. The van der Waals surface area contributed by atoms with Crippen molar-refractivity contribution in [2.45, 2.75) is 33.1 Å². The second-order valence-corrected chi connectivity index (χ2v) is 7.15. The van der Waals surface area contributed by atoms with Crippen molar-refractivity contribution < 1.29 is 4.39 Å². The number of nitrogens with zero attached hydrogens (tertiary/aromatic N) is 4. The summed E-state index contributed by atoms with van der Waals surface area (Å²) in [6.45, 7) is 5.10. The highest BCUT2D eigenvalue weighted by Gasteiger charge is 2.12. The highest BCUT2D eigenvalue weighted by Crippen LogP contribution is 2.22. The zero-order chi connectivity index (χ0) is 19.5. The van der Waals surface area contributed by atoms with Gasteiger partial charge in [0.1, 0.15) is 17.7 Å². The van der Waals surface area contributed by atoms with E-state index in [2.05, 4.69) is 45.2 Å². The molecule has 0 saturated carbocycles. The van der Waals surface area contributed by atoms with Gasteiger partial charge in [-0.2, -0.15) is 0 Å². The fraction of sp³-hybridized carbons (Fsp3) is 0.333. The zero-order valence-corrected chi connectivity index (χ0v) is 16.0. The molecule has 0 unspecified atom stereocenters. The normalized spacial score (nSPS) is 12.5. The molecule has 0 aliphatic heterocycles. The standard InChI is InChI=1S/C21H23FN6/c1-3-13(2)8-17-15(9-14-4-5-16(22)10-18(14)28-17)6-7-23-20-19-21(25-11-24-19)27-12-26-20/h4-5,9-13H,3,6-8H2,1-2H3,(H2,23,24,25,26,27)/t13-/m0/s1. The maximum atomic E-state index is 13.6. The summed E-state index contributed by atoms with van der Waals surface area (Å²) in [5, 5.41) is 4.32. The van der Waals surface area contributed by atoms with Crippen LogP contribution in [0.15, 0.2) is 36.9 Å². The number of halogens is 1. The fourth-order valence-electron chi connectivity index (χ4n) is 3.31. The molecule has 4 rings (SSSR count). The molecule has 144 valence electrons. The molecule has 0 aliphatic carbocycles. The Morgan fingerprint density at radius 2 is 2.07 bits per heavy atom. The third-order valence-corrected chi connectivity index (χ3v) is 5.10. The predicted octanol–water partition coefficient (Wildman–Crippen LogP) is 4.28. The number of pyridine rings is 1. The van der Waals surface area contributed by atoms with Gasteiger partial charge in [-0.1, -0.05) is 20.3 Å². The summed E-state index contributed by atoms with van der Waals surface area (Å²) in [6, 6.07) is 6.91. The quantitative estimate of drug-likeness (QED) is 0.502. The maximum Gasteiger partial charge on any atom is 0.182 e. The van der Waals surface area contributed by atoms with E-state index in [1.54, 1.807) is 12.4 Å². The molecule has 3 aromatic heterocycles. The SMILES string of the molecule is CC[C@H](C)Cc1nc2cc(F)ccc2cc1CCNc1ncnc2nc[nH]c12. The van der Waals surface area contributed by atoms with Gasteiger partial charge in [0, 0.05) is 23.7 Å². The van der Waals surface area contributed by atoms with Crippen LogP contribution in [0, 0.1) is 11.7 Å². The van der Waals surface area contributed by atoms with Crippen molar-refractivity contribution in [2.24, 2.45) is 5.92 Å². The van der Waals surface area contributed by atoms with Crippen molar-refractivity contribution in [1.82, 2.24) is 24.9 Å². The lowest BCUT2D eigenvalue weighted by molar-refractivity contribution is 0.550. The molecule has 2 N–H and O–H groups in total. The monoisotopic (exact) mass is 378 g/mol. The highest BCUT2D eigenvalue weighted by atomic mass is 19.1. The van der Waals surface area contributed by atoms with Crippen LogP contribution >= 0.6 is 0 Å². The van der Waals surface area contributed by atoms with Crippen molar-refractivity contribution in [2.75, 3.05) is 11.9 Å². The lowest BCUT2D eigenvalue weighted by atomic mass is 9.97. The van der Waals surface area contributed by atoms with Crippen molar-refractivity contribution in [3.8, 4) is 0 Å². The summed E-state index contributed by atoms with van der Waals surface area (Å²) >= 11 is 0. The first kappa shape index (κ1) is 18.3. The van der Waals surface area contributed by atoms with Crippen molar-refractivity contribution >= 4 is 27.9 Å². The second kappa shape index (κ2) is 7.88. The van der Waals surface area contributed by atoms with E-state index in [0.717, 1.165) is 41.7 Å². The summed E-state index contributed by atoms with van der Waals surface area (Å²) in [5.74, 6) is 1.01. The van der Waals surface area contributed by atoms with Gasteiger partial charge in [-0.3, -0.25) is 4.98 Å². The van der Waals surface area contributed by atoms with Gasteiger partial charge in [0.05, 0.1) is 11.8 Å². The van der Waals surface area contributed by atoms with Gasteiger partial charge in [0.25, 0.3) is 0 Å². The summed E-state index contributed by atoms with van der Waals surface area (Å²) < 4.78 is 13.6. The minimum absolute atomic E-state index is 0.253. The van der Waals surface area contributed by atoms with Gasteiger partial charge in [-0.05, 0) is 42.5 Å². The maximum absolute atomic E-state index is 13.6. The Labute approximate surface area is 162 Å². The van der Waals surface area contributed by atoms with Crippen molar-refractivity contribution in [1.29, 1.82) is 0 Å². The fourth-order valence-corrected chi connectivity index (χ4v) is 3.31.